The minimum Gasteiger partial charge on any atom is -0.478 e. The Hall–Kier alpha value is -1.78. The second-order valence-corrected chi connectivity index (χ2v) is 3.38. The van der Waals surface area contributed by atoms with Gasteiger partial charge in [-0.15, -0.1) is 0 Å². The van der Waals surface area contributed by atoms with Gasteiger partial charge in [-0.25, -0.2) is 9.59 Å². The maximum atomic E-state index is 11.4. The Balaban J connectivity index is 2.40. The van der Waals surface area contributed by atoms with Crippen molar-refractivity contribution in [1.82, 2.24) is 0 Å². The van der Waals surface area contributed by atoms with E-state index in [1.54, 1.807) is 13.0 Å². The van der Waals surface area contributed by atoms with E-state index in [1.165, 1.54) is 0 Å². The van der Waals surface area contributed by atoms with E-state index in [0.717, 1.165) is 6.26 Å². The minimum absolute atomic E-state index is 0.107. The summed E-state index contributed by atoms with van der Waals surface area (Å²) in [5, 5.41) is 8.92. The smallest absolute Gasteiger partial charge is 0.337 e. The van der Waals surface area contributed by atoms with Gasteiger partial charge < -0.3 is 14.6 Å². The molecule has 80 valence electrons. The van der Waals surface area contributed by atoms with E-state index in [0.29, 0.717) is 12.0 Å². The first kappa shape index (κ1) is 9.76. The van der Waals surface area contributed by atoms with Gasteiger partial charge in [-0.1, -0.05) is 6.08 Å². The first-order chi connectivity index (χ1) is 7.13. The second kappa shape index (κ2) is 3.42. The molecule has 5 nitrogen and oxygen atoms in total. The number of carboxylic acids is 1. The van der Waals surface area contributed by atoms with E-state index in [-0.39, 0.29) is 5.57 Å². The lowest BCUT2D eigenvalue weighted by molar-refractivity contribution is -0.177. The number of hydrogen-bond donors (Lipinski definition) is 1. The van der Waals surface area contributed by atoms with Crippen LogP contribution in [0, 0.1) is 5.92 Å². The third-order valence-electron chi connectivity index (χ3n) is 2.56. The van der Waals surface area contributed by atoms with Crippen LogP contribution in [0.15, 0.2) is 23.5 Å². The second-order valence-electron chi connectivity index (χ2n) is 3.38. The number of carbonyl (C=O) groups excluding carboxylic acids is 1. The molecule has 0 aromatic heterocycles. The molecule has 2 aliphatic rings. The lowest BCUT2D eigenvalue weighted by atomic mass is 9.85. The van der Waals surface area contributed by atoms with Crippen molar-refractivity contribution in [2.75, 3.05) is 0 Å². The normalized spacial score (nSPS) is 31.7. The zero-order valence-corrected chi connectivity index (χ0v) is 8.10. The van der Waals surface area contributed by atoms with E-state index in [4.69, 9.17) is 14.6 Å². The van der Waals surface area contributed by atoms with Crippen molar-refractivity contribution in [2.45, 2.75) is 19.6 Å². The Morgan fingerprint density at radius 3 is 3.00 bits per heavy atom. The highest BCUT2D eigenvalue weighted by atomic mass is 16.7. The standard InChI is InChI=1S/C10H10O5/c1-2-5-6-3-8(15-10(5)13)14-4-7(6)9(11)12/h2,4,6,8H,3H2,1H3,(H,11,12)/b5-2+/t6-,8-/m1/s1. The molecule has 0 amide bonds. The highest BCUT2D eigenvalue weighted by molar-refractivity contribution is 5.96. The molecule has 0 spiro atoms. The number of carbonyl (C=O) groups is 2. The molecule has 1 fully saturated rings. The molecule has 2 atom stereocenters. The Labute approximate surface area is 86.0 Å². The lowest BCUT2D eigenvalue weighted by Gasteiger charge is -2.33. The topological polar surface area (TPSA) is 72.8 Å². The third-order valence-corrected chi connectivity index (χ3v) is 2.56. The molecule has 0 radical (unpaired) electrons. The van der Waals surface area contributed by atoms with Gasteiger partial charge in [-0.3, -0.25) is 0 Å². The number of rotatable bonds is 1. The van der Waals surface area contributed by atoms with Crippen LogP contribution in [0.5, 0.6) is 0 Å². The summed E-state index contributed by atoms with van der Waals surface area (Å²) >= 11 is 0. The zero-order chi connectivity index (χ0) is 11.0. The van der Waals surface area contributed by atoms with E-state index < -0.39 is 24.1 Å². The summed E-state index contributed by atoms with van der Waals surface area (Å²) in [4.78, 5) is 22.3. The summed E-state index contributed by atoms with van der Waals surface area (Å²) in [6.07, 6.45) is 2.49. The first-order valence-corrected chi connectivity index (χ1v) is 4.59. The summed E-state index contributed by atoms with van der Waals surface area (Å²) in [5.74, 6) is -1.97. The fourth-order valence-electron chi connectivity index (χ4n) is 1.82. The zero-order valence-electron chi connectivity index (χ0n) is 8.10. The Bertz CT molecular complexity index is 379. The molecule has 0 aromatic rings. The van der Waals surface area contributed by atoms with Crippen LogP contribution >= 0.6 is 0 Å². The Kier molecular flexibility index (Phi) is 2.22. The van der Waals surface area contributed by atoms with E-state index in [2.05, 4.69) is 0 Å². The molecular formula is C10H10O5. The average molecular weight is 210 g/mol. The molecule has 0 aromatic carbocycles. The summed E-state index contributed by atoms with van der Waals surface area (Å²) in [5.41, 5.74) is 0.499. The SMILES string of the molecule is C/C=C1/C(=O)O[C@@H]2C[C@H]1C(C(=O)O)=CO2. The predicted octanol–water partition coefficient (Wildman–Crippen LogP) is 0.821. The fourth-order valence-corrected chi connectivity index (χ4v) is 1.82. The summed E-state index contributed by atoms with van der Waals surface area (Å²) in [6.45, 7) is 1.69. The van der Waals surface area contributed by atoms with Gasteiger partial charge in [0.25, 0.3) is 0 Å². The molecule has 2 heterocycles. The minimum atomic E-state index is -1.06. The molecule has 5 heteroatoms. The van der Waals surface area contributed by atoms with Gasteiger partial charge in [0.15, 0.2) is 0 Å². The number of hydrogen-bond acceptors (Lipinski definition) is 4. The van der Waals surface area contributed by atoms with E-state index >= 15 is 0 Å². The molecule has 2 bridgehead atoms. The monoisotopic (exact) mass is 210 g/mol. The molecular weight excluding hydrogens is 200 g/mol. The van der Waals surface area contributed by atoms with Crippen LogP contribution in [-0.2, 0) is 19.1 Å². The van der Waals surface area contributed by atoms with Crippen LogP contribution in [0.4, 0.5) is 0 Å². The van der Waals surface area contributed by atoms with Crippen LogP contribution in [-0.4, -0.2) is 23.3 Å². The number of aliphatic carboxylic acids is 1. The maximum absolute atomic E-state index is 11.4. The van der Waals surface area contributed by atoms with Gasteiger partial charge in [0.05, 0.1) is 11.8 Å². The number of esters is 1. The van der Waals surface area contributed by atoms with Crippen LogP contribution in [0.25, 0.3) is 0 Å². The molecule has 0 unspecified atom stereocenters. The van der Waals surface area contributed by atoms with Crippen LogP contribution in [0.3, 0.4) is 0 Å². The number of carboxylic acid groups (broad SMARTS) is 1. The van der Waals surface area contributed by atoms with Gasteiger partial charge in [0.1, 0.15) is 0 Å². The van der Waals surface area contributed by atoms with Crippen LogP contribution < -0.4 is 0 Å². The van der Waals surface area contributed by atoms with Gasteiger partial charge in [-0.05, 0) is 6.92 Å². The molecule has 0 aliphatic carbocycles. The summed E-state index contributed by atoms with van der Waals surface area (Å²) in [7, 11) is 0. The van der Waals surface area contributed by atoms with Gasteiger partial charge in [0, 0.05) is 17.9 Å². The van der Waals surface area contributed by atoms with Crippen molar-refractivity contribution in [3.05, 3.63) is 23.5 Å². The maximum Gasteiger partial charge on any atom is 0.337 e. The lowest BCUT2D eigenvalue weighted by Crippen LogP contribution is -2.38. The molecule has 1 saturated heterocycles. The highest BCUT2D eigenvalue weighted by Gasteiger charge is 2.41. The molecule has 2 aliphatic heterocycles. The predicted molar refractivity (Wildman–Crippen MR) is 48.5 cm³/mol. The van der Waals surface area contributed by atoms with Gasteiger partial charge in [-0.2, -0.15) is 0 Å². The van der Waals surface area contributed by atoms with Gasteiger partial charge >= 0.3 is 11.9 Å². The first-order valence-electron chi connectivity index (χ1n) is 4.59. The van der Waals surface area contributed by atoms with E-state index in [1.807, 2.05) is 0 Å². The number of ether oxygens (including phenoxy) is 2. The number of allylic oxidation sites excluding steroid dienone is 1. The summed E-state index contributed by atoms with van der Waals surface area (Å²) in [6, 6.07) is 0. The number of fused-ring (bicyclic) bond motifs is 2. The van der Waals surface area contributed by atoms with Crippen molar-refractivity contribution < 1.29 is 24.2 Å². The van der Waals surface area contributed by atoms with Crippen molar-refractivity contribution in [3.8, 4) is 0 Å². The Morgan fingerprint density at radius 2 is 2.40 bits per heavy atom. The average Bonchev–Trinajstić information content (AvgIpc) is 2.17. The van der Waals surface area contributed by atoms with Crippen molar-refractivity contribution in [2.24, 2.45) is 5.92 Å². The fraction of sp³-hybridized carbons (Fsp3) is 0.400. The third kappa shape index (κ3) is 1.49. The van der Waals surface area contributed by atoms with E-state index in [9.17, 15) is 9.59 Å². The molecule has 2 rings (SSSR count). The van der Waals surface area contributed by atoms with Crippen molar-refractivity contribution in [3.63, 3.8) is 0 Å². The van der Waals surface area contributed by atoms with Gasteiger partial charge in [0.2, 0.25) is 6.29 Å². The summed E-state index contributed by atoms with van der Waals surface area (Å²) < 4.78 is 9.89. The quantitative estimate of drug-likeness (QED) is 0.512. The van der Waals surface area contributed by atoms with Crippen molar-refractivity contribution in [1.29, 1.82) is 0 Å². The molecule has 0 saturated carbocycles. The van der Waals surface area contributed by atoms with Crippen LogP contribution in [0.2, 0.25) is 0 Å². The molecule has 1 N–H and O–H groups in total. The highest BCUT2D eigenvalue weighted by Crippen LogP contribution is 2.36. The van der Waals surface area contributed by atoms with Crippen LogP contribution in [0.1, 0.15) is 13.3 Å². The Morgan fingerprint density at radius 1 is 1.67 bits per heavy atom. The molecule has 15 heavy (non-hydrogen) atoms. The largest absolute Gasteiger partial charge is 0.478 e. The van der Waals surface area contributed by atoms with Crippen molar-refractivity contribution >= 4 is 11.9 Å².